The standard InChI is InChI=1S/C24H26FN7/c1-16-10-20(19-4-3-5-22(25)23(19)28-16)21-12-27-32-15-17(11-26-24(21)32)31-13-18(14-31)30-8-6-29(2)7-9-30/h3-5,10-12,15,18H,6-9,13-14H2,1-2H3. The molecule has 4 aromatic rings. The van der Waals surface area contributed by atoms with Gasteiger partial charge in [0.2, 0.25) is 0 Å². The molecule has 2 aliphatic heterocycles. The van der Waals surface area contributed by atoms with E-state index in [4.69, 9.17) is 4.98 Å². The normalized spacial score (nSPS) is 18.5. The molecule has 8 heteroatoms. The van der Waals surface area contributed by atoms with E-state index in [-0.39, 0.29) is 5.82 Å². The molecule has 2 aliphatic rings. The van der Waals surface area contributed by atoms with Crippen molar-refractivity contribution in [2.45, 2.75) is 13.0 Å². The van der Waals surface area contributed by atoms with Crippen LogP contribution in [0.3, 0.4) is 0 Å². The first-order valence-corrected chi connectivity index (χ1v) is 11.1. The van der Waals surface area contributed by atoms with Gasteiger partial charge in [0.15, 0.2) is 5.65 Å². The van der Waals surface area contributed by atoms with Crippen LogP contribution in [0, 0.1) is 12.7 Å². The number of likely N-dealkylation sites (N-methyl/N-ethyl adjacent to an activating group) is 1. The van der Waals surface area contributed by atoms with Crippen molar-refractivity contribution in [1.82, 2.24) is 29.4 Å². The lowest BCUT2D eigenvalue weighted by Gasteiger charge is -2.48. The summed E-state index contributed by atoms with van der Waals surface area (Å²) in [5.41, 5.74) is 4.79. The van der Waals surface area contributed by atoms with Crippen molar-refractivity contribution in [2.24, 2.45) is 0 Å². The number of nitrogens with zero attached hydrogens (tertiary/aromatic N) is 7. The molecule has 0 aliphatic carbocycles. The molecule has 0 radical (unpaired) electrons. The Morgan fingerprint density at radius 3 is 2.66 bits per heavy atom. The van der Waals surface area contributed by atoms with Crippen LogP contribution in [-0.4, -0.2) is 81.7 Å². The largest absolute Gasteiger partial charge is 0.366 e. The number of aryl methyl sites for hydroxylation is 1. The van der Waals surface area contributed by atoms with Gasteiger partial charge in [-0.3, -0.25) is 9.88 Å². The average Bonchev–Trinajstić information content (AvgIpc) is 3.17. The lowest BCUT2D eigenvalue weighted by molar-refractivity contribution is 0.0963. The van der Waals surface area contributed by atoms with Gasteiger partial charge in [-0.05, 0) is 31.7 Å². The van der Waals surface area contributed by atoms with E-state index in [0.717, 1.165) is 72.8 Å². The summed E-state index contributed by atoms with van der Waals surface area (Å²) in [4.78, 5) is 16.5. The number of piperazine rings is 1. The first-order chi connectivity index (χ1) is 15.6. The Labute approximate surface area is 186 Å². The van der Waals surface area contributed by atoms with Crippen LogP contribution >= 0.6 is 0 Å². The van der Waals surface area contributed by atoms with Gasteiger partial charge in [-0.25, -0.2) is 13.9 Å². The van der Waals surface area contributed by atoms with E-state index in [1.54, 1.807) is 6.07 Å². The van der Waals surface area contributed by atoms with Gasteiger partial charge < -0.3 is 9.80 Å². The maximum Gasteiger partial charge on any atom is 0.162 e. The van der Waals surface area contributed by atoms with Gasteiger partial charge in [0, 0.05) is 62.0 Å². The third kappa shape index (κ3) is 3.22. The zero-order chi connectivity index (χ0) is 21.8. The Kier molecular flexibility index (Phi) is 4.58. The predicted molar refractivity (Wildman–Crippen MR) is 123 cm³/mol. The molecule has 6 rings (SSSR count). The van der Waals surface area contributed by atoms with Crippen LogP contribution in [0.25, 0.3) is 27.7 Å². The van der Waals surface area contributed by atoms with Gasteiger partial charge in [0.25, 0.3) is 0 Å². The topological polar surface area (TPSA) is 52.8 Å². The molecule has 0 bridgehead atoms. The molecule has 0 atom stereocenters. The van der Waals surface area contributed by atoms with E-state index < -0.39 is 0 Å². The van der Waals surface area contributed by atoms with Gasteiger partial charge in [-0.1, -0.05) is 12.1 Å². The molecular formula is C24H26FN7. The molecule has 7 nitrogen and oxygen atoms in total. The molecule has 0 unspecified atom stereocenters. The maximum absolute atomic E-state index is 14.4. The predicted octanol–water partition coefficient (Wildman–Crippen LogP) is 2.83. The monoisotopic (exact) mass is 431 g/mol. The number of benzene rings is 1. The van der Waals surface area contributed by atoms with Crippen LogP contribution in [0.2, 0.25) is 0 Å². The molecule has 2 fully saturated rings. The summed E-state index contributed by atoms with van der Waals surface area (Å²) in [5.74, 6) is -0.313. The van der Waals surface area contributed by atoms with Crippen molar-refractivity contribution >= 4 is 22.2 Å². The van der Waals surface area contributed by atoms with Gasteiger partial charge >= 0.3 is 0 Å². The quantitative estimate of drug-likeness (QED) is 0.497. The summed E-state index contributed by atoms with van der Waals surface area (Å²) in [7, 11) is 2.19. The van der Waals surface area contributed by atoms with E-state index >= 15 is 0 Å². The second-order valence-electron chi connectivity index (χ2n) is 8.98. The number of pyridine rings is 1. The highest BCUT2D eigenvalue weighted by molar-refractivity contribution is 5.98. The second-order valence-corrected chi connectivity index (χ2v) is 8.98. The highest BCUT2D eigenvalue weighted by Gasteiger charge is 2.33. The molecule has 5 heterocycles. The molecular weight excluding hydrogens is 405 g/mol. The summed E-state index contributed by atoms with van der Waals surface area (Å²) >= 11 is 0. The number of halogens is 1. The Morgan fingerprint density at radius 1 is 1.03 bits per heavy atom. The number of anilines is 1. The van der Waals surface area contributed by atoms with Crippen LogP contribution < -0.4 is 4.90 Å². The van der Waals surface area contributed by atoms with Crippen molar-refractivity contribution in [1.29, 1.82) is 0 Å². The molecule has 0 amide bonds. The van der Waals surface area contributed by atoms with Gasteiger partial charge in [-0.2, -0.15) is 5.10 Å². The molecule has 2 saturated heterocycles. The lowest BCUT2D eigenvalue weighted by Crippen LogP contribution is -2.63. The van der Waals surface area contributed by atoms with Crippen LogP contribution in [-0.2, 0) is 0 Å². The summed E-state index contributed by atoms with van der Waals surface area (Å²) in [6.07, 6.45) is 5.79. The first-order valence-electron chi connectivity index (χ1n) is 11.1. The minimum Gasteiger partial charge on any atom is -0.366 e. The van der Waals surface area contributed by atoms with Gasteiger partial charge in [0.1, 0.15) is 11.3 Å². The minimum atomic E-state index is -0.313. The van der Waals surface area contributed by atoms with Crippen LogP contribution in [0.5, 0.6) is 0 Å². The first kappa shape index (κ1) is 19.6. The lowest BCUT2D eigenvalue weighted by atomic mass is 10.0. The van der Waals surface area contributed by atoms with Gasteiger partial charge in [0.05, 0.1) is 24.3 Å². The Hall–Kier alpha value is -3.10. The van der Waals surface area contributed by atoms with Crippen molar-refractivity contribution in [3.05, 3.63) is 54.4 Å². The number of rotatable bonds is 3. The van der Waals surface area contributed by atoms with Crippen molar-refractivity contribution in [3.63, 3.8) is 0 Å². The zero-order valence-electron chi connectivity index (χ0n) is 18.4. The Morgan fingerprint density at radius 2 is 1.84 bits per heavy atom. The summed E-state index contributed by atoms with van der Waals surface area (Å²) < 4.78 is 16.2. The van der Waals surface area contributed by atoms with Crippen LogP contribution in [0.4, 0.5) is 10.1 Å². The maximum atomic E-state index is 14.4. The second kappa shape index (κ2) is 7.50. The SMILES string of the molecule is Cc1cc(-c2cnn3cc(N4CC(N5CCN(C)CC5)C4)cnc23)c2cccc(F)c2n1. The number of fused-ring (bicyclic) bond motifs is 2. The van der Waals surface area contributed by atoms with E-state index in [9.17, 15) is 4.39 Å². The fourth-order valence-corrected chi connectivity index (χ4v) is 4.87. The smallest absolute Gasteiger partial charge is 0.162 e. The van der Waals surface area contributed by atoms with Crippen molar-refractivity contribution in [2.75, 3.05) is 51.2 Å². The molecule has 1 aromatic carbocycles. The fraction of sp³-hybridized carbons (Fsp3) is 0.375. The average molecular weight is 432 g/mol. The van der Waals surface area contributed by atoms with Crippen molar-refractivity contribution in [3.8, 4) is 11.1 Å². The molecule has 3 aromatic heterocycles. The zero-order valence-corrected chi connectivity index (χ0v) is 18.4. The van der Waals surface area contributed by atoms with E-state index in [1.165, 1.54) is 6.07 Å². The van der Waals surface area contributed by atoms with E-state index in [0.29, 0.717) is 11.6 Å². The van der Waals surface area contributed by atoms with Crippen LogP contribution in [0.1, 0.15) is 5.69 Å². The van der Waals surface area contributed by atoms with Gasteiger partial charge in [-0.15, -0.1) is 0 Å². The molecule has 0 spiro atoms. The number of hydrogen-bond acceptors (Lipinski definition) is 6. The van der Waals surface area contributed by atoms with E-state index in [1.807, 2.05) is 42.2 Å². The van der Waals surface area contributed by atoms with E-state index in [2.05, 4.69) is 31.8 Å². The summed E-state index contributed by atoms with van der Waals surface area (Å²) in [6, 6.07) is 7.66. The third-order valence-corrected chi connectivity index (χ3v) is 6.83. The summed E-state index contributed by atoms with van der Waals surface area (Å²) in [6.45, 7) is 8.52. The highest BCUT2D eigenvalue weighted by atomic mass is 19.1. The van der Waals surface area contributed by atoms with Crippen LogP contribution in [0.15, 0.2) is 42.9 Å². The molecule has 164 valence electrons. The number of hydrogen-bond donors (Lipinski definition) is 0. The minimum absolute atomic E-state index is 0.313. The molecule has 32 heavy (non-hydrogen) atoms. The Bertz CT molecular complexity index is 1300. The molecule has 0 N–H and O–H groups in total. The number of para-hydroxylation sites is 1. The Balaban J connectivity index is 1.28. The fourth-order valence-electron chi connectivity index (χ4n) is 4.87. The number of aromatic nitrogens is 4. The third-order valence-electron chi connectivity index (χ3n) is 6.83. The highest BCUT2D eigenvalue weighted by Crippen LogP contribution is 2.33. The van der Waals surface area contributed by atoms with Crippen molar-refractivity contribution < 1.29 is 4.39 Å². The summed E-state index contributed by atoms with van der Waals surface area (Å²) in [5, 5.41) is 5.34. The molecule has 0 saturated carbocycles.